The lowest BCUT2D eigenvalue weighted by molar-refractivity contribution is 0.281. The largest absolute Gasteiger partial charge is 0.395 e. The minimum absolute atomic E-state index is 0.0878. The average molecular weight is 221 g/mol. The van der Waals surface area contributed by atoms with Gasteiger partial charge in [-0.15, -0.1) is 0 Å². The molecule has 2 rings (SSSR count). The van der Waals surface area contributed by atoms with Crippen molar-refractivity contribution in [1.29, 1.82) is 0 Å². The molecule has 0 saturated heterocycles. The van der Waals surface area contributed by atoms with Gasteiger partial charge in [-0.3, -0.25) is 0 Å². The fraction of sp³-hybridized carbons (Fsp3) is 0.538. The highest BCUT2D eigenvalue weighted by Crippen LogP contribution is 2.33. The van der Waals surface area contributed by atoms with Crippen molar-refractivity contribution in [2.24, 2.45) is 0 Å². The molecule has 0 aliphatic heterocycles. The van der Waals surface area contributed by atoms with Crippen LogP contribution in [0.4, 0.5) is 5.69 Å². The third kappa shape index (κ3) is 2.36. The maximum Gasteiger partial charge on any atom is 0.0681 e. The number of aliphatic hydroxyl groups is 2. The van der Waals surface area contributed by atoms with Crippen LogP contribution in [0.15, 0.2) is 18.2 Å². The van der Waals surface area contributed by atoms with E-state index in [-0.39, 0.29) is 13.2 Å². The van der Waals surface area contributed by atoms with Gasteiger partial charge in [-0.1, -0.05) is 12.1 Å². The molecular weight excluding hydrogens is 202 g/mol. The summed E-state index contributed by atoms with van der Waals surface area (Å²) in [5, 5.41) is 18.1. The van der Waals surface area contributed by atoms with Crippen LogP contribution >= 0.6 is 0 Å². The van der Waals surface area contributed by atoms with Crippen LogP contribution in [0.5, 0.6) is 0 Å². The Bertz CT molecular complexity index is 361. The first-order valence-corrected chi connectivity index (χ1v) is 5.84. The van der Waals surface area contributed by atoms with Crippen LogP contribution in [0.1, 0.15) is 24.0 Å². The van der Waals surface area contributed by atoms with Gasteiger partial charge in [0.2, 0.25) is 0 Å². The van der Waals surface area contributed by atoms with E-state index in [1.165, 1.54) is 24.1 Å². The first-order valence-electron chi connectivity index (χ1n) is 5.84. The number of rotatable bonds is 5. The maximum atomic E-state index is 9.08. The summed E-state index contributed by atoms with van der Waals surface area (Å²) >= 11 is 0. The van der Waals surface area contributed by atoms with Gasteiger partial charge in [-0.25, -0.2) is 0 Å². The van der Waals surface area contributed by atoms with Crippen molar-refractivity contribution in [3.05, 3.63) is 29.3 Å². The predicted molar refractivity (Wildman–Crippen MR) is 64.6 cm³/mol. The smallest absolute Gasteiger partial charge is 0.0681 e. The molecule has 3 nitrogen and oxygen atoms in total. The molecule has 1 aliphatic carbocycles. The zero-order chi connectivity index (χ0) is 11.5. The lowest BCUT2D eigenvalue weighted by Crippen LogP contribution is -2.29. The van der Waals surface area contributed by atoms with Crippen molar-refractivity contribution in [3.63, 3.8) is 0 Å². The second-order valence-electron chi connectivity index (χ2n) is 4.43. The lowest BCUT2D eigenvalue weighted by Gasteiger charge is -2.25. The molecule has 0 radical (unpaired) electrons. The molecule has 1 aliphatic rings. The summed E-state index contributed by atoms with van der Waals surface area (Å²) in [5.41, 5.74) is 3.31. The summed E-state index contributed by atoms with van der Waals surface area (Å²) in [6.45, 7) is 3.04. The monoisotopic (exact) mass is 221 g/mol. The van der Waals surface area contributed by atoms with Gasteiger partial charge in [-0.2, -0.15) is 0 Å². The van der Waals surface area contributed by atoms with Crippen LogP contribution in [0.3, 0.4) is 0 Å². The van der Waals surface area contributed by atoms with E-state index in [2.05, 4.69) is 17.9 Å². The number of nitrogens with zero attached hydrogens (tertiary/aromatic N) is 1. The van der Waals surface area contributed by atoms with Crippen molar-refractivity contribution in [2.75, 3.05) is 18.1 Å². The van der Waals surface area contributed by atoms with Crippen molar-refractivity contribution < 1.29 is 10.2 Å². The molecule has 0 atom stereocenters. The fourth-order valence-corrected chi connectivity index (χ4v) is 2.13. The number of benzene rings is 1. The van der Waals surface area contributed by atoms with Gasteiger partial charge in [0.15, 0.2) is 0 Å². The molecule has 16 heavy (non-hydrogen) atoms. The van der Waals surface area contributed by atoms with E-state index < -0.39 is 0 Å². The third-order valence-electron chi connectivity index (χ3n) is 3.08. The van der Waals surface area contributed by atoms with Gasteiger partial charge >= 0.3 is 0 Å². The zero-order valence-corrected chi connectivity index (χ0v) is 9.69. The molecule has 0 bridgehead atoms. The molecule has 0 amide bonds. The predicted octanol–water partition coefficient (Wildman–Crippen LogP) is 1.45. The number of anilines is 1. The first kappa shape index (κ1) is 11.4. The molecular formula is C13H19NO2. The number of hydrogen-bond acceptors (Lipinski definition) is 3. The average Bonchev–Trinajstić information content (AvgIpc) is 3.10. The summed E-state index contributed by atoms with van der Waals surface area (Å²) in [6.07, 6.45) is 2.45. The van der Waals surface area contributed by atoms with Gasteiger partial charge in [0.25, 0.3) is 0 Å². The molecule has 0 heterocycles. The SMILES string of the molecule is Cc1cc(CO)ccc1N(CCO)C1CC1. The van der Waals surface area contributed by atoms with Crippen LogP contribution in [0.2, 0.25) is 0 Å². The summed E-state index contributed by atoms with van der Waals surface area (Å²) in [6, 6.07) is 6.62. The summed E-state index contributed by atoms with van der Waals surface area (Å²) < 4.78 is 0. The van der Waals surface area contributed by atoms with Crippen molar-refractivity contribution >= 4 is 5.69 Å². The van der Waals surface area contributed by atoms with Crippen LogP contribution in [0.25, 0.3) is 0 Å². The molecule has 0 unspecified atom stereocenters. The topological polar surface area (TPSA) is 43.7 Å². The molecule has 1 fully saturated rings. The Kier molecular flexibility index (Phi) is 3.46. The van der Waals surface area contributed by atoms with Crippen molar-refractivity contribution in [3.8, 4) is 0 Å². The van der Waals surface area contributed by atoms with Crippen LogP contribution < -0.4 is 4.90 Å². The second-order valence-corrected chi connectivity index (χ2v) is 4.43. The zero-order valence-electron chi connectivity index (χ0n) is 9.69. The van der Waals surface area contributed by atoms with Crippen molar-refractivity contribution in [1.82, 2.24) is 0 Å². The fourth-order valence-electron chi connectivity index (χ4n) is 2.13. The summed E-state index contributed by atoms with van der Waals surface area (Å²) in [7, 11) is 0. The standard InChI is InChI=1S/C13H19NO2/c1-10-8-11(9-16)2-5-13(10)14(6-7-15)12-3-4-12/h2,5,8,12,15-16H,3-4,6-7,9H2,1H3. The minimum atomic E-state index is 0.0878. The highest BCUT2D eigenvalue weighted by molar-refractivity contribution is 5.56. The van der Waals surface area contributed by atoms with E-state index in [0.717, 1.165) is 5.56 Å². The number of hydrogen-bond donors (Lipinski definition) is 2. The number of aryl methyl sites for hydroxylation is 1. The van der Waals surface area contributed by atoms with E-state index >= 15 is 0 Å². The molecule has 1 aromatic rings. The maximum absolute atomic E-state index is 9.08. The van der Waals surface area contributed by atoms with E-state index in [9.17, 15) is 0 Å². The Morgan fingerprint density at radius 3 is 2.56 bits per heavy atom. The Hall–Kier alpha value is -1.06. The molecule has 0 spiro atoms. The van der Waals surface area contributed by atoms with Gasteiger partial charge in [0.1, 0.15) is 0 Å². The molecule has 2 N–H and O–H groups in total. The van der Waals surface area contributed by atoms with Gasteiger partial charge < -0.3 is 15.1 Å². The van der Waals surface area contributed by atoms with Crippen LogP contribution in [-0.2, 0) is 6.61 Å². The normalized spacial score (nSPS) is 15.2. The van der Waals surface area contributed by atoms with E-state index in [0.29, 0.717) is 12.6 Å². The highest BCUT2D eigenvalue weighted by atomic mass is 16.3. The molecule has 88 valence electrons. The van der Waals surface area contributed by atoms with Crippen LogP contribution in [-0.4, -0.2) is 29.4 Å². The minimum Gasteiger partial charge on any atom is -0.395 e. The van der Waals surface area contributed by atoms with E-state index in [1.54, 1.807) is 0 Å². The molecule has 3 heteroatoms. The van der Waals surface area contributed by atoms with Gasteiger partial charge in [-0.05, 0) is 37.0 Å². The molecule has 0 aromatic heterocycles. The van der Waals surface area contributed by atoms with Crippen molar-refractivity contribution in [2.45, 2.75) is 32.4 Å². The Labute approximate surface area is 96.3 Å². The first-order chi connectivity index (χ1) is 7.76. The highest BCUT2D eigenvalue weighted by Gasteiger charge is 2.29. The third-order valence-corrected chi connectivity index (χ3v) is 3.08. The molecule has 1 aromatic carbocycles. The number of aliphatic hydroxyl groups excluding tert-OH is 2. The lowest BCUT2D eigenvalue weighted by atomic mass is 10.1. The Balaban J connectivity index is 2.22. The summed E-state index contributed by atoms with van der Waals surface area (Å²) in [4.78, 5) is 2.27. The van der Waals surface area contributed by atoms with Gasteiger partial charge in [0.05, 0.1) is 13.2 Å². The molecule has 1 saturated carbocycles. The summed E-state index contributed by atoms with van der Waals surface area (Å²) in [5.74, 6) is 0. The quantitative estimate of drug-likeness (QED) is 0.791. The van der Waals surface area contributed by atoms with Crippen LogP contribution in [0, 0.1) is 6.92 Å². The van der Waals surface area contributed by atoms with E-state index in [4.69, 9.17) is 10.2 Å². The second kappa shape index (κ2) is 4.85. The van der Waals surface area contributed by atoms with E-state index in [1.807, 2.05) is 12.1 Å². The Morgan fingerprint density at radius 2 is 2.06 bits per heavy atom. The van der Waals surface area contributed by atoms with Gasteiger partial charge in [0, 0.05) is 18.3 Å². The Morgan fingerprint density at radius 1 is 1.31 bits per heavy atom.